The van der Waals surface area contributed by atoms with Crippen molar-refractivity contribution < 1.29 is 14.3 Å². The highest BCUT2D eigenvalue weighted by Crippen LogP contribution is 2.28. The molecule has 0 bridgehead atoms. The van der Waals surface area contributed by atoms with Gasteiger partial charge in [0, 0.05) is 49.7 Å². The third-order valence-corrected chi connectivity index (χ3v) is 6.41. The summed E-state index contributed by atoms with van der Waals surface area (Å²) in [5.74, 6) is 0.913. The van der Waals surface area contributed by atoms with Gasteiger partial charge < -0.3 is 19.9 Å². The van der Waals surface area contributed by atoms with Crippen molar-refractivity contribution in [3.8, 4) is 5.75 Å². The van der Waals surface area contributed by atoms with Crippen LogP contribution in [0, 0.1) is 0 Å². The maximum Gasteiger partial charge on any atom is 0.276 e. The fourth-order valence-corrected chi connectivity index (χ4v) is 4.54. The van der Waals surface area contributed by atoms with Gasteiger partial charge in [0.2, 0.25) is 5.91 Å². The van der Waals surface area contributed by atoms with Crippen LogP contribution in [0.2, 0.25) is 0 Å². The minimum Gasteiger partial charge on any atom is -0.497 e. The molecule has 9 heteroatoms. The third-order valence-electron chi connectivity index (χ3n) is 6.41. The van der Waals surface area contributed by atoms with E-state index in [0.29, 0.717) is 31.0 Å². The lowest BCUT2D eigenvalue weighted by Crippen LogP contribution is -2.48. The lowest BCUT2D eigenvalue weighted by molar-refractivity contribution is -0.117. The third kappa shape index (κ3) is 4.47. The first kappa shape index (κ1) is 22.0. The molecule has 2 amide bonds. The van der Waals surface area contributed by atoms with Crippen molar-refractivity contribution in [3.05, 3.63) is 65.9 Å². The van der Waals surface area contributed by atoms with Crippen molar-refractivity contribution in [2.24, 2.45) is 0 Å². The van der Waals surface area contributed by atoms with E-state index in [1.807, 2.05) is 42.5 Å². The Morgan fingerprint density at radius 1 is 1.00 bits per heavy atom. The Balaban J connectivity index is 1.17. The van der Waals surface area contributed by atoms with E-state index in [0.717, 1.165) is 43.2 Å². The van der Waals surface area contributed by atoms with Gasteiger partial charge in [-0.2, -0.15) is 5.10 Å². The number of methoxy groups -OCH3 is 1. The lowest BCUT2D eigenvalue weighted by atomic mass is 10.1. The number of nitrogens with one attached hydrogen (secondary N) is 2. The Morgan fingerprint density at radius 2 is 1.74 bits per heavy atom. The van der Waals surface area contributed by atoms with E-state index in [1.54, 1.807) is 12.0 Å². The SMILES string of the molecule is COc1ccc(N2CCc3c(NC(=O)CN4CCN(c5ccccc5)CC4)n[nH]c3C2=O)cc1. The zero-order valence-corrected chi connectivity index (χ0v) is 19.2. The van der Waals surface area contributed by atoms with Crippen LogP contribution in [0.5, 0.6) is 5.75 Å². The number of para-hydroxylation sites is 1. The van der Waals surface area contributed by atoms with Crippen molar-refractivity contribution in [2.75, 3.05) is 61.5 Å². The van der Waals surface area contributed by atoms with Crippen molar-refractivity contribution in [1.29, 1.82) is 0 Å². The standard InChI is InChI=1S/C25H28N6O3/c1-34-20-9-7-19(8-10-20)31-12-11-21-23(25(31)33)27-28-24(21)26-22(32)17-29-13-15-30(16-14-29)18-5-3-2-4-6-18/h2-10H,11-17H2,1H3,(H2,26,27,28,32). The first-order chi connectivity index (χ1) is 16.6. The van der Waals surface area contributed by atoms with Crippen LogP contribution in [0.25, 0.3) is 0 Å². The number of fused-ring (bicyclic) bond motifs is 1. The van der Waals surface area contributed by atoms with E-state index in [-0.39, 0.29) is 11.8 Å². The van der Waals surface area contributed by atoms with Gasteiger partial charge in [-0.05, 0) is 42.8 Å². The quantitative estimate of drug-likeness (QED) is 0.587. The molecule has 0 unspecified atom stereocenters. The molecule has 3 heterocycles. The summed E-state index contributed by atoms with van der Waals surface area (Å²) in [6.45, 7) is 4.21. The van der Waals surface area contributed by atoms with Gasteiger partial charge in [-0.25, -0.2) is 0 Å². The smallest absolute Gasteiger partial charge is 0.276 e. The molecule has 176 valence electrons. The second kappa shape index (κ2) is 9.56. The first-order valence-electron chi connectivity index (χ1n) is 11.5. The summed E-state index contributed by atoms with van der Waals surface area (Å²) in [4.78, 5) is 31.9. The highest BCUT2D eigenvalue weighted by molar-refractivity contribution is 6.08. The number of anilines is 3. The Kier molecular flexibility index (Phi) is 6.18. The number of rotatable bonds is 6. The highest BCUT2D eigenvalue weighted by Gasteiger charge is 2.31. The van der Waals surface area contributed by atoms with Gasteiger partial charge in [-0.1, -0.05) is 18.2 Å². The number of hydrogen-bond acceptors (Lipinski definition) is 6. The number of ether oxygens (including phenoxy) is 1. The average molecular weight is 461 g/mol. The molecule has 0 atom stereocenters. The number of hydrogen-bond donors (Lipinski definition) is 2. The largest absolute Gasteiger partial charge is 0.497 e. The van der Waals surface area contributed by atoms with Gasteiger partial charge in [0.25, 0.3) is 5.91 Å². The molecule has 1 fully saturated rings. The van der Waals surface area contributed by atoms with Gasteiger partial charge in [0.1, 0.15) is 11.4 Å². The number of H-pyrrole nitrogens is 1. The number of nitrogens with zero attached hydrogens (tertiary/aromatic N) is 4. The topological polar surface area (TPSA) is 93.8 Å². The van der Waals surface area contributed by atoms with E-state index in [2.05, 4.69) is 37.4 Å². The van der Waals surface area contributed by atoms with Crippen LogP contribution in [-0.2, 0) is 11.2 Å². The number of aromatic amines is 1. The van der Waals surface area contributed by atoms with Crippen LogP contribution in [0.1, 0.15) is 16.1 Å². The molecule has 5 rings (SSSR count). The van der Waals surface area contributed by atoms with E-state index < -0.39 is 0 Å². The van der Waals surface area contributed by atoms with Gasteiger partial charge >= 0.3 is 0 Å². The molecule has 0 radical (unpaired) electrons. The zero-order chi connectivity index (χ0) is 23.5. The first-order valence-corrected chi connectivity index (χ1v) is 11.5. The van der Waals surface area contributed by atoms with Gasteiger partial charge in [0.15, 0.2) is 5.82 Å². The minimum absolute atomic E-state index is 0.118. The Morgan fingerprint density at radius 3 is 2.44 bits per heavy atom. The molecule has 0 saturated carbocycles. The Hall–Kier alpha value is -3.85. The monoisotopic (exact) mass is 460 g/mol. The molecular formula is C25H28N6O3. The van der Waals surface area contributed by atoms with Gasteiger partial charge in [-0.3, -0.25) is 19.6 Å². The van der Waals surface area contributed by atoms with Gasteiger partial charge in [-0.15, -0.1) is 0 Å². The summed E-state index contributed by atoms with van der Waals surface area (Å²) < 4.78 is 5.19. The molecule has 2 aromatic carbocycles. The summed E-state index contributed by atoms with van der Waals surface area (Å²) in [5.41, 5.74) is 3.19. The van der Waals surface area contributed by atoms with Crippen molar-refractivity contribution in [3.63, 3.8) is 0 Å². The molecule has 0 spiro atoms. The number of carbonyl (C=O) groups excluding carboxylic acids is 2. The van der Waals surface area contributed by atoms with Crippen LogP contribution in [0.3, 0.4) is 0 Å². The summed E-state index contributed by atoms with van der Waals surface area (Å²) in [5, 5.41) is 9.97. The molecular weight excluding hydrogens is 432 g/mol. The second-order valence-electron chi connectivity index (χ2n) is 8.48. The fourth-order valence-electron chi connectivity index (χ4n) is 4.54. The van der Waals surface area contributed by atoms with Crippen LogP contribution in [0.4, 0.5) is 17.2 Å². The summed E-state index contributed by atoms with van der Waals surface area (Å²) in [6.07, 6.45) is 0.606. The van der Waals surface area contributed by atoms with Crippen molar-refractivity contribution in [1.82, 2.24) is 15.1 Å². The number of amides is 2. The molecule has 3 aromatic rings. The molecule has 2 aliphatic heterocycles. The van der Waals surface area contributed by atoms with Crippen LogP contribution < -0.4 is 19.9 Å². The van der Waals surface area contributed by atoms with Crippen molar-refractivity contribution in [2.45, 2.75) is 6.42 Å². The zero-order valence-electron chi connectivity index (χ0n) is 19.2. The molecule has 0 aliphatic carbocycles. The van der Waals surface area contributed by atoms with Crippen LogP contribution in [-0.4, -0.2) is 73.3 Å². The number of aromatic nitrogens is 2. The summed E-state index contributed by atoms with van der Waals surface area (Å²) in [7, 11) is 1.61. The molecule has 34 heavy (non-hydrogen) atoms. The van der Waals surface area contributed by atoms with Gasteiger partial charge in [0.05, 0.1) is 13.7 Å². The number of carbonyl (C=O) groups is 2. The van der Waals surface area contributed by atoms with E-state index in [9.17, 15) is 9.59 Å². The molecule has 9 nitrogen and oxygen atoms in total. The Labute approximate surface area is 198 Å². The molecule has 2 N–H and O–H groups in total. The normalized spacial score (nSPS) is 16.3. The number of piperazine rings is 1. The Bertz CT molecular complexity index is 1150. The number of benzene rings is 2. The maximum absolute atomic E-state index is 13.0. The van der Waals surface area contributed by atoms with Crippen molar-refractivity contribution >= 4 is 29.0 Å². The molecule has 2 aliphatic rings. The highest BCUT2D eigenvalue weighted by atomic mass is 16.5. The molecule has 1 aromatic heterocycles. The van der Waals surface area contributed by atoms with Crippen LogP contribution >= 0.6 is 0 Å². The summed E-state index contributed by atoms with van der Waals surface area (Å²) >= 11 is 0. The predicted octanol–water partition coefficient (Wildman–Crippen LogP) is 2.38. The van der Waals surface area contributed by atoms with Crippen LogP contribution in [0.15, 0.2) is 54.6 Å². The molecule has 1 saturated heterocycles. The summed E-state index contributed by atoms with van der Waals surface area (Å²) in [6, 6.07) is 17.7. The van der Waals surface area contributed by atoms with E-state index in [1.165, 1.54) is 5.69 Å². The lowest BCUT2D eigenvalue weighted by Gasteiger charge is -2.35. The fraction of sp³-hybridized carbons (Fsp3) is 0.320. The van der Waals surface area contributed by atoms with E-state index >= 15 is 0 Å². The predicted molar refractivity (Wildman–Crippen MR) is 131 cm³/mol. The van der Waals surface area contributed by atoms with E-state index in [4.69, 9.17) is 4.74 Å². The second-order valence-corrected chi connectivity index (χ2v) is 8.48. The minimum atomic E-state index is -0.156. The maximum atomic E-state index is 13.0. The average Bonchev–Trinajstić information content (AvgIpc) is 3.29.